The molecule has 0 atom stereocenters. The first-order valence-corrected chi connectivity index (χ1v) is 4.25. The Labute approximate surface area is 79.5 Å². The second-order valence-electron chi connectivity index (χ2n) is 2.11. The lowest BCUT2D eigenvalue weighted by atomic mass is 10.3. The van der Waals surface area contributed by atoms with E-state index < -0.39 is 0 Å². The van der Waals surface area contributed by atoms with Crippen molar-refractivity contribution < 1.29 is 9.47 Å². The molecule has 0 aliphatic heterocycles. The number of ether oxygens (including phenoxy) is 2. The van der Waals surface area contributed by atoms with Gasteiger partial charge in [-0.1, -0.05) is 13.8 Å². The Hall–Kier alpha value is -1.38. The van der Waals surface area contributed by atoms with E-state index in [9.17, 15) is 0 Å². The van der Waals surface area contributed by atoms with Crippen LogP contribution in [0.25, 0.3) is 0 Å². The Bertz CT molecular complexity index is 249. The topological polar surface area (TPSA) is 44.5 Å². The Balaban J connectivity index is 0.000000671. The van der Waals surface area contributed by atoms with Crippen molar-refractivity contribution in [1.82, 2.24) is 0 Å². The molecule has 3 heteroatoms. The van der Waals surface area contributed by atoms with Gasteiger partial charge in [0.15, 0.2) is 0 Å². The van der Waals surface area contributed by atoms with E-state index in [0.717, 1.165) is 5.75 Å². The van der Waals surface area contributed by atoms with Gasteiger partial charge in [-0.2, -0.15) is 0 Å². The number of nitrogen functional groups attached to an aromatic ring is 1. The summed E-state index contributed by atoms with van der Waals surface area (Å²) >= 11 is 0. The average molecular weight is 183 g/mol. The second-order valence-corrected chi connectivity index (χ2v) is 2.11. The van der Waals surface area contributed by atoms with Crippen molar-refractivity contribution >= 4 is 5.69 Å². The van der Waals surface area contributed by atoms with Crippen molar-refractivity contribution in [3.63, 3.8) is 0 Å². The Morgan fingerprint density at radius 1 is 1.08 bits per heavy atom. The van der Waals surface area contributed by atoms with Crippen LogP contribution < -0.4 is 15.2 Å². The van der Waals surface area contributed by atoms with E-state index in [1.807, 2.05) is 13.8 Å². The molecule has 2 N–H and O–H groups in total. The first kappa shape index (κ1) is 11.6. The molecule has 0 unspecified atom stereocenters. The molecule has 13 heavy (non-hydrogen) atoms. The number of rotatable bonds is 2. The molecular formula is C10H17NO2. The molecule has 0 bridgehead atoms. The molecule has 0 fully saturated rings. The molecule has 0 heterocycles. The predicted octanol–water partition coefficient (Wildman–Crippen LogP) is 2.31. The van der Waals surface area contributed by atoms with E-state index in [0.29, 0.717) is 11.4 Å². The number of nitrogens with two attached hydrogens (primary N) is 1. The van der Waals surface area contributed by atoms with E-state index >= 15 is 0 Å². The fraction of sp³-hybridized carbons (Fsp3) is 0.400. The average Bonchev–Trinajstić information content (AvgIpc) is 2.20. The standard InChI is InChI=1S/C8H11NO2.C2H6/c1-10-6-3-4-8(11-2)7(9)5-6;1-2/h3-5H,9H2,1-2H3;1-2H3. The van der Waals surface area contributed by atoms with Gasteiger partial charge in [-0.3, -0.25) is 0 Å². The van der Waals surface area contributed by atoms with E-state index in [1.165, 1.54) is 0 Å². The lowest BCUT2D eigenvalue weighted by molar-refractivity contribution is 0.405. The van der Waals surface area contributed by atoms with E-state index in [1.54, 1.807) is 32.4 Å². The number of benzene rings is 1. The van der Waals surface area contributed by atoms with Crippen molar-refractivity contribution in [2.24, 2.45) is 0 Å². The van der Waals surface area contributed by atoms with Crippen LogP contribution in [0.15, 0.2) is 18.2 Å². The zero-order chi connectivity index (χ0) is 10.3. The van der Waals surface area contributed by atoms with E-state index in [4.69, 9.17) is 15.2 Å². The lowest BCUT2D eigenvalue weighted by Crippen LogP contribution is -1.92. The van der Waals surface area contributed by atoms with Crippen LogP contribution in [-0.4, -0.2) is 14.2 Å². The zero-order valence-electron chi connectivity index (χ0n) is 8.63. The number of methoxy groups -OCH3 is 2. The molecule has 0 saturated carbocycles. The van der Waals surface area contributed by atoms with Gasteiger partial charge < -0.3 is 15.2 Å². The second kappa shape index (κ2) is 6.17. The summed E-state index contributed by atoms with van der Waals surface area (Å²) in [6, 6.07) is 5.29. The molecule has 0 aliphatic rings. The lowest BCUT2D eigenvalue weighted by Gasteiger charge is -2.05. The van der Waals surface area contributed by atoms with Crippen LogP contribution in [0.2, 0.25) is 0 Å². The Kier molecular flexibility index (Phi) is 5.52. The maximum atomic E-state index is 5.60. The molecular weight excluding hydrogens is 166 g/mol. The maximum Gasteiger partial charge on any atom is 0.142 e. The third-order valence-corrected chi connectivity index (χ3v) is 1.44. The minimum Gasteiger partial charge on any atom is -0.497 e. The van der Waals surface area contributed by atoms with Crippen molar-refractivity contribution in [1.29, 1.82) is 0 Å². The highest BCUT2D eigenvalue weighted by atomic mass is 16.5. The highest BCUT2D eigenvalue weighted by Gasteiger charge is 1.98. The molecule has 74 valence electrons. The van der Waals surface area contributed by atoms with Gasteiger partial charge in [0.2, 0.25) is 0 Å². The molecule has 0 amide bonds. The smallest absolute Gasteiger partial charge is 0.142 e. The van der Waals surface area contributed by atoms with Crippen LogP contribution in [0.4, 0.5) is 5.69 Å². The zero-order valence-corrected chi connectivity index (χ0v) is 8.63. The van der Waals surface area contributed by atoms with Gasteiger partial charge in [0, 0.05) is 6.07 Å². The molecule has 1 aromatic carbocycles. The maximum absolute atomic E-state index is 5.60. The summed E-state index contributed by atoms with van der Waals surface area (Å²) in [5.74, 6) is 1.41. The van der Waals surface area contributed by atoms with Gasteiger partial charge in [-0.05, 0) is 12.1 Å². The molecule has 1 rings (SSSR count). The van der Waals surface area contributed by atoms with Crippen molar-refractivity contribution in [2.75, 3.05) is 20.0 Å². The summed E-state index contributed by atoms with van der Waals surface area (Å²) < 4.78 is 9.92. The fourth-order valence-electron chi connectivity index (χ4n) is 0.839. The van der Waals surface area contributed by atoms with Gasteiger partial charge in [0.1, 0.15) is 11.5 Å². The highest BCUT2D eigenvalue weighted by molar-refractivity contribution is 5.55. The minimum atomic E-state index is 0.590. The monoisotopic (exact) mass is 183 g/mol. The van der Waals surface area contributed by atoms with Crippen LogP contribution in [0.5, 0.6) is 11.5 Å². The highest BCUT2D eigenvalue weighted by Crippen LogP contribution is 2.25. The van der Waals surface area contributed by atoms with Crippen LogP contribution in [0.3, 0.4) is 0 Å². The van der Waals surface area contributed by atoms with E-state index in [-0.39, 0.29) is 0 Å². The van der Waals surface area contributed by atoms with Crippen LogP contribution >= 0.6 is 0 Å². The summed E-state index contributed by atoms with van der Waals surface area (Å²) in [7, 11) is 3.18. The summed E-state index contributed by atoms with van der Waals surface area (Å²) in [4.78, 5) is 0. The van der Waals surface area contributed by atoms with E-state index in [2.05, 4.69) is 0 Å². The quantitative estimate of drug-likeness (QED) is 0.715. The van der Waals surface area contributed by atoms with Gasteiger partial charge in [0.05, 0.1) is 19.9 Å². The largest absolute Gasteiger partial charge is 0.497 e. The number of hydrogen-bond acceptors (Lipinski definition) is 3. The summed E-state index contributed by atoms with van der Waals surface area (Å²) in [5.41, 5.74) is 6.19. The Morgan fingerprint density at radius 3 is 2.08 bits per heavy atom. The molecule has 0 aromatic heterocycles. The Morgan fingerprint density at radius 2 is 1.69 bits per heavy atom. The minimum absolute atomic E-state index is 0.590. The van der Waals surface area contributed by atoms with Gasteiger partial charge in [-0.15, -0.1) is 0 Å². The molecule has 0 saturated heterocycles. The van der Waals surface area contributed by atoms with Crippen LogP contribution in [0.1, 0.15) is 13.8 Å². The van der Waals surface area contributed by atoms with Gasteiger partial charge in [0.25, 0.3) is 0 Å². The summed E-state index contributed by atoms with van der Waals surface area (Å²) in [5, 5.41) is 0. The molecule has 0 aliphatic carbocycles. The summed E-state index contributed by atoms with van der Waals surface area (Å²) in [6.45, 7) is 4.00. The van der Waals surface area contributed by atoms with Crippen molar-refractivity contribution in [3.05, 3.63) is 18.2 Å². The molecule has 1 aromatic rings. The number of anilines is 1. The summed E-state index contributed by atoms with van der Waals surface area (Å²) in [6.07, 6.45) is 0. The normalized spacial score (nSPS) is 8.31. The van der Waals surface area contributed by atoms with Gasteiger partial charge in [-0.25, -0.2) is 0 Å². The van der Waals surface area contributed by atoms with Crippen LogP contribution in [0, 0.1) is 0 Å². The predicted molar refractivity (Wildman–Crippen MR) is 55.3 cm³/mol. The van der Waals surface area contributed by atoms with Crippen molar-refractivity contribution in [3.8, 4) is 11.5 Å². The SMILES string of the molecule is CC.COc1ccc(OC)c(N)c1. The van der Waals surface area contributed by atoms with Crippen molar-refractivity contribution in [2.45, 2.75) is 13.8 Å². The van der Waals surface area contributed by atoms with Crippen LogP contribution in [-0.2, 0) is 0 Å². The van der Waals surface area contributed by atoms with Gasteiger partial charge >= 0.3 is 0 Å². The third kappa shape index (κ3) is 3.23. The third-order valence-electron chi connectivity index (χ3n) is 1.44. The molecule has 0 radical (unpaired) electrons. The molecule has 3 nitrogen and oxygen atoms in total. The molecule has 0 spiro atoms. The first-order valence-electron chi connectivity index (χ1n) is 4.25. The number of hydrogen-bond donors (Lipinski definition) is 1. The fourth-order valence-corrected chi connectivity index (χ4v) is 0.839. The first-order chi connectivity index (χ1) is 6.27.